The first-order chi connectivity index (χ1) is 14.1. The summed E-state index contributed by atoms with van der Waals surface area (Å²) < 4.78 is 52.3. The lowest BCUT2D eigenvalue weighted by atomic mass is 10.1. The molecule has 1 aromatic heterocycles. The predicted octanol–water partition coefficient (Wildman–Crippen LogP) is 1.58. The van der Waals surface area contributed by atoms with Crippen LogP contribution < -0.4 is 15.4 Å². The van der Waals surface area contributed by atoms with Crippen molar-refractivity contribution in [2.24, 2.45) is 0 Å². The Hall–Kier alpha value is -2.51. The van der Waals surface area contributed by atoms with E-state index in [9.17, 15) is 26.8 Å². The van der Waals surface area contributed by atoms with E-state index in [1.807, 2.05) is 0 Å². The lowest BCUT2D eigenvalue weighted by Gasteiger charge is -2.17. The van der Waals surface area contributed by atoms with E-state index < -0.39 is 39.5 Å². The van der Waals surface area contributed by atoms with E-state index in [1.165, 1.54) is 0 Å². The number of aromatic nitrogens is 2. The number of hydrogen-bond acceptors (Lipinski definition) is 7. The van der Waals surface area contributed by atoms with Crippen molar-refractivity contribution in [1.29, 1.82) is 0 Å². The lowest BCUT2D eigenvalue weighted by molar-refractivity contribution is -0.126. The minimum atomic E-state index is -3.80. The normalized spacial score (nSPS) is 12.4. The zero-order valence-corrected chi connectivity index (χ0v) is 17.9. The fourth-order valence-corrected chi connectivity index (χ4v) is 4.50. The molecule has 164 valence electrons. The van der Waals surface area contributed by atoms with E-state index in [1.54, 1.807) is 13.8 Å². The van der Waals surface area contributed by atoms with Gasteiger partial charge < -0.3 is 5.32 Å². The molecule has 0 fully saturated rings. The Kier molecular flexibility index (Phi) is 8.32. The lowest BCUT2D eigenvalue weighted by Crippen LogP contribution is -2.44. The molecule has 0 bridgehead atoms. The van der Waals surface area contributed by atoms with Gasteiger partial charge in [-0.3, -0.25) is 14.9 Å². The number of benzene rings is 1. The highest BCUT2D eigenvalue weighted by Gasteiger charge is 2.24. The van der Waals surface area contributed by atoms with Crippen molar-refractivity contribution in [3.8, 4) is 0 Å². The van der Waals surface area contributed by atoms with Gasteiger partial charge in [0.05, 0.1) is 6.42 Å². The van der Waals surface area contributed by atoms with E-state index in [2.05, 4.69) is 25.6 Å². The molecule has 2 amide bonds. The van der Waals surface area contributed by atoms with Crippen LogP contribution in [0.1, 0.15) is 32.3 Å². The van der Waals surface area contributed by atoms with Crippen molar-refractivity contribution in [3.63, 3.8) is 0 Å². The van der Waals surface area contributed by atoms with Crippen LogP contribution in [0.25, 0.3) is 0 Å². The maximum atomic E-state index is 13.3. The first-order valence-corrected chi connectivity index (χ1v) is 11.3. The number of halogens is 2. The summed E-state index contributed by atoms with van der Waals surface area (Å²) in [6.45, 7) is 3.58. The van der Waals surface area contributed by atoms with Gasteiger partial charge in [-0.15, -0.1) is 10.2 Å². The third-order valence-corrected chi connectivity index (χ3v) is 6.47. The average molecular weight is 462 g/mol. The van der Waals surface area contributed by atoms with Crippen molar-refractivity contribution in [2.45, 2.75) is 43.5 Å². The molecule has 0 aliphatic carbocycles. The molecule has 0 radical (unpaired) electrons. The second kappa shape index (κ2) is 10.5. The van der Waals surface area contributed by atoms with Gasteiger partial charge in [-0.25, -0.2) is 21.9 Å². The summed E-state index contributed by atoms with van der Waals surface area (Å²) in [6.07, 6.45) is 0.533. The minimum absolute atomic E-state index is 0.0426. The Labute approximate surface area is 176 Å². The molecule has 2 aromatic rings. The topological polar surface area (TPSA) is 130 Å². The summed E-state index contributed by atoms with van der Waals surface area (Å²) in [4.78, 5) is 24.7. The van der Waals surface area contributed by atoms with Crippen LogP contribution in [-0.2, 0) is 26.0 Å². The second-order valence-corrected chi connectivity index (χ2v) is 9.15. The van der Waals surface area contributed by atoms with Crippen molar-refractivity contribution >= 4 is 38.3 Å². The van der Waals surface area contributed by atoms with Crippen LogP contribution in [0.5, 0.6) is 0 Å². The maximum absolute atomic E-state index is 13.3. The van der Waals surface area contributed by atoms with E-state index in [-0.39, 0.29) is 34.4 Å². The molecular formula is C17H21F2N5O4S2. The van der Waals surface area contributed by atoms with Gasteiger partial charge in [0.25, 0.3) is 10.0 Å². The molecule has 13 heteroatoms. The molecule has 0 spiro atoms. The number of nitrogens with one attached hydrogen (secondary N) is 3. The van der Waals surface area contributed by atoms with Crippen LogP contribution in [0.4, 0.5) is 13.9 Å². The number of anilines is 1. The van der Waals surface area contributed by atoms with Gasteiger partial charge in [-0.2, -0.15) is 0 Å². The van der Waals surface area contributed by atoms with Gasteiger partial charge in [0.1, 0.15) is 17.7 Å². The summed E-state index contributed by atoms with van der Waals surface area (Å²) in [7, 11) is -3.80. The van der Waals surface area contributed by atoms with Crippen LogP contribution >= 0.6 is 11.3 Å². The monoisotopic (exact) mass is 461 g/mol. The van der Waals surface area contributed by atoms with Crippen molar-refractivity contribution < 1.29 is 26.8 Å². The number of amides is 2. The fourth-order valence-electron chi connectivity index (χ4n) is 2.51. The Morgan fingerprint density at radius 2 is 1.80 bits per heavy atom. The SMILES string of the molecule is CCCC(NC(=O)Cc1cc(F)cc(F)c1)C(=O)Nc1nnc(S(=O)(=O)NCC)s1. The van der Waals surface area contributed by atoms with Crippen molar-refractivity contribution in [3.05, 3.63) is 35.4 Å². The number of sulfonamides is 1. The molecule has 3 N–H and O–H groups in total. The highest BCUT2D eigenvalue weighted by molar-refractivity contribution is 7.91. The molecule has 1 heterocycles. The van der Waals surface area contributed by atoms with Crippen LogP contribution in [-0.4, -0.2) is 43.0 Å². The molecule has 0 aliphatic rings. The quantitative estimate of drug-likeness (QED) is 0.461. The number of carbonyl (C=O) groups excluding carboxylic acids is 2. The van der Waals surface area contributed by atoms with Gasteiger partial charge in [-0.1, -0.05) is 31.6 Å². The molecule has 30 heavy (non-hydrogen) atoms. The van der Waals surface area contributed by atoms with Crippen LogP contribution in [0.2, 0.25) is 0 Å². The third-order valence-electron chi connectivity index (χ3n) is 3.72. The number of nitrogens with zero attached hydrogens (tertiary/aromatic N) is 2. The standard InChI is InChI=1S/C17H21F2N5O4S2/c1-3-5-13(21-14(25)8-10-6-11(18)9-12(19)7-10)15(26)22-16-23-24-17(29-16)30(27,28)20-4-2/h6-7,9,13,20H,3-5,8H2,1-2H3,(H,21,25)(H,22,23,26). The molecule has 1 atom stereocenters. The van der Waals surface area contributed by atoms with Crippen LogP contribution in [0, 0.1) is 11.6 Å². The van der Waals surface area contributed by atoms with Crippen molar-refractivity contribution in [2.75, 3.05) is 11.9 Å². The summed E-state index contributed by atoms with van der Waals surface area (Å²) in [5, 5.41) is 12.1. The molecule has 0 aliphatic heterocycles. The van der Waals surface area contributed by atoms with Gasteiger partial charge >= 0.3 is 0 Å². The average Bonchev–Trinajstić information content (AvgIpc) is 3.09. The zero-order valence-electron chi connectivity index (χ0n) is 16.2. The highest BCUT2D eigenvalue weighted by Crippen LogP contribution is 2.20. The van der Waals surface area contributed by atoms with E-state index in [4.69, 9.17) is 0 Å². The molecule has 0 saturated carbocycles. The smallest absolute Gasteiger partial charge is 0.269 e. The molecular weight excluding hydrogens is 440 g/mol. The molecule has 2 rings (SSSR count). The fraction of sp³-hybridized carbons (Fsp3) is 0.412. The predicted molar refractivity (Wildman–Crippen MR) is 106 cm³/mol. The Balaban J connectivity index is 2.04. The summed E-state index contributed by atoms with van der Waals surface area (Å²) in [5.41, 5.74) is 0.128. The highest BCUT2D eigenvalue weighted by atomic mass is 32.2. The van der Waals surface area contributed by atoms with Gasteiger partial charge in [0, 0.05) is 12.6 Å². The third kappa shape index (κ3) is 6.78. The second-order valence-electron chi connectivity index (χ2n) is 6.23. The first kappa shape index (κ1) is 23.8. The Bertz CT molecular complexity index is 993. The number of carbonyl (C=O) groups is 2. The van der Waals surface area contributed by atoms with Crippen LogP contribution in [0.15, 0.2) is 22.5 Å². The Morgan fingerprint density at radius 3 is 2.40 bits per heavy atom. The molecule has 9 nitrogen and oxygen atoms in total. The number of hydrogen-bond donors (Lipinski definition) is 3. The van der Waals surface area contributed by atoms with E-state index >= 15 is 0 Å². The minimum Gasteiger partial charge on any atom is -0.344 e. The summed E-state index contributed by atoms with van der Waals surface area (Å²) >= 11 is 0.668. The van der Waals surface area contributed by atoms with E-state index in [0.717, 1.165) is 12.1 Å². The maximum Gasteiger partial charge on any atom is 0.269 e. The summed E-state index contributed by atoms with van der Waals surface area (Å²) in [5.74, 6) is -2.82. The summed E-state index contributed by atoms with van der Waals surface area (Å²) in [6, 6.07) is 1.82. The molecule has 1 unspecified atom stereocenters. The largest absolute Gasteiger partial charge is 0.344 e. The molecule has 1 aromatic carbocycles. The number of rotatable bonds is 10. The van der Waals surface area contributed by atoms with Crippen molar-refractivity contribution in [1.82, 2.24) is 20.2 Å². The van der Waals surface area contributed by atoms with Crippen LogP contribution in [0.3, 0.4) is 0 Å². The Morgan fingerprint density at radius 1 is 1.13 bits per heavy atom. The zero-order chi connectivity index (χ0) is 22.3. The molecule has 0 saturated heterocycles. The first-order valence-electron chi connectivity index (χ1n) is 9.03. The van der Waals surface area contributed by atoms with Gasteiger partial charge in [0.2, 0.25) is 21.3 Å². The van der Waals surface area contributed by atoms with E-state index in [0.29, 0.717) is 23.8 Å². The van der Waals surface area contributed by atoms with Gasteiger partial charge in [-0.05, 0) is 24.1 Å². The van der Waals surface area contributed by atoms with Gasteiger partial charge in [0.15, 0.2) is 0 Å².